The lowest BCUT2D eigenvalue weighted by Crippen LogP contribution is -2.30. The maximum atomic E-state index is 10.7. The fourth-order valence-electron chi connectivity index (χ4n) is 2.40. The van der Waals surface area contributed by atoms with Gasteiger partial charge in [0.05, 0.1) is 17.4 Å². The van der Waals surface area contributed by atoms with Gasteiger partial charge in [-0.2, -0.15) is 0 Å². The molecule has 2 heterocycles. The van der Waals surface area contributed by atoms with Gasteiger partial charge in [-0.05, 0) is 12.5 Å². The number of carbonyl (C=O) groups is 1. The molecule has 1 aromatic heterocycles. The summed E-state index contributed by atoms with van der Waals surface area (Å²) in [5, 5.41) is 14.2. The first-order valence-electron chi connectivity index (χ1n) is 6.75. The van der Waals surface area contributed by atoms with Crippen LogP contribution in [0.25, 0.3) is 0 Å². The quantitative estimate of drug-likeness (QED) is 0.680. The minimum absolute atomic E-state index is 0.0330. The lowest BCUT2D eigenvalue weighted by Gasteiger charge is -2.25. The summed E-state index contributed by atoms with van der Waals surface area (Å²) in [6.45, 7) is 1.98. The van der Waals surface area contributed by atoms with Crippen LogP contribution in [0.2, 0.25) is 0 Å². The monoisotopic (exact) mass is 297 g/mol. The Hall–Kier alpha value is -3.09. The average Bonchev–Trinajstić information content (AvgIpc) is 2.46. The molecular formula is C15H15N5O2. The number of benzene rings is 1. The zero-order chi connectivity index (χ0) is 15.7. The van der Waals surface area contributed by atoms with E-state index in [1.165, 1.54) is 0 Å². The molecule has 1 unspecified atom stereocenters. The highest BCUT2D eigenvalue weighted by atomic mass is 16.4. The van der Waals surface area contributed by atoms with Crippen molar-refractivity contribution in [2.24, 2.45) is 4.99 Å². The van der Waals surface area contributed by atoms with E-state index < -0.39 is 6.09 Å². The van der Waals surface area contributed by atoms with Crippen molar-refractivity contribution in [1.82, 2.24) is 4.98 Å². The number of aromatic nitrogens is 1. The van der Waals surface area contributed by atoms with Crippen molar-refractivity contribution in [3.05, 3.63) is 42.0 Å². The van der Waals surface area contributed by atoms with Crippen molar-refractivity contribution in [2.75, 3.05) is 16.4 Å². The second-order valence-corrected chi connectivity index (χ2v) is 4.95. The van der Waals surface area contributed by atoms with E-state index in [2.05, 4.69) is 20.6 Å². The number of nitrogen functional groups attached to an aromatic ring is 1. The molecule has 1 atom stereocenters. The molecule has 0 aliphatic carbocycles. The van der Waals surface area contributed by atoms with Crippen molar-refractivity contribution in [1.29, 1.82) is 0 Å². The first kappa shape index (κ1) is 13.9. The molecule has 1 amide bonds. The lowest BCUT2D eigenvalue weighted by atomic mass is 10.0. The van der Waals surface area contributed by atoms with Crippen molar-refractivity contribution < 1.29 is 9.90 Å². The van der Waals surface area contributed by atoms with Gasteiger partial charge in [-0.1, -0.05) is 30.3 Å². The molecule has 112 valence electrons. The average molecular weight is 297 g/mol. The Morgan fingerprint density at radius 2 is 2.09 bits per heavy atom. The standard InChI is InChI=1S/C15H15N5O2/c1-8-12(9-5-3-2-4-6-9)20-13-10(17-8)7-11(18-14(13)16)19-15(21)22/h2-8,17H,1H3,(H,21,22)(H3,16,18,19). The van der Waals surface area contributed by atoms with Crippen LogP contribution in [0.3, 0.4) is 0 Å². The van der Waals surface area contributed by atoms with Crippen LogP contribution in [-0.4, -0.2) is 27.9 Å². The van der Waals surface area contributed by atoms with Crippen molar-refractivity contribution in [3.8, 4) is 0 Å². The molecule has 5 N–H and O–H groups in total. The third-order valence-electron chi connectivity index (χ3n) is 3.34. The van der Waals surface area contributed by atoms with E-state index >= 15 is 0 Å². The number of aliphatic imine (C=N–C) groups is 1. The molecule has 1 aliphatic heterocycles. The molecule has 3 rings (SSSR count). The number of nitrogens with one attached hydrogen (secondary N) is 2. The van der Waals surface area contributed by atoms with E-state index in [0.29, 0.717) is 11.4 Å². The number of pyridine rings is 1. The highest BCUT2D eigenvalue weighted by molar-refractivity contribution is 6.10. The third-order valence-corrected chi connectivity index (χ3v) is 3.34. The van der Waals surface area contributed by atoms with Crippen molar-refractivity contribution in [2.45, 2.75) is 13.0 Å². The number of nitrogens with two attached hydrogens (primary N) is 1. The number of carboxylic acid groups (broad SMARTS) is 1. The fraction of sp³-hybridized carbons (Fsp3) is 0.133. The number of anilines is 3. The molecule has 0 fully saturated rings. The molecule has 0 radical (unpaired) electrons. The summed E-state index contributed by atoms with van der Waals surface area (Å²) in [7, 11) is 0. The van der Waals surface area contributed by atoms with Crippen LogP contribution in [-0.2, 0) is 0 Å². The number of amides is 1. The number of fused-ring (bicyclic) bond motifs is 1. The van der Waals surface area contributed by atoms with Gasteiger partial charge < -0.3 is 16.2 Å². The first-order chi connectivity index (χ1) is 10.5. The minimum Gasteiger partial charge on any atom is -0.465 e. The van der Waals surface area contributed by atoms with E-state index in [1.54, 1.807) is 6.07 Å². The number of hydrogen-bond acceptors (Lipinski definition) is 5. The van der Waals surface area contributed by atoms with Gasteiger partial charge in [0.2, 0.25) is 0 Å². The molecule has 1 aromatic carbocycles. The maximum absolute atomic E-state index is 10.7. The van der Waals surface area contributed by atoms with Crippen LogP contribution in [0.5, 0.6) is 0 Å². The summed E-state index contributed by atoms with van der Waals surface area (Å²) >= 11 is 0. The number of hydrogen-bond donors (Lipinski definition) is 4. The summed E-state index contributed by atoms with van der Waals surface area (Å²) < 4.78 is 0. The molecule has 1 aliphatic rings. The van der Waals surface area contributed by atoms with Crippen LogP contribution in [0.4, 0.5) is 27.8 Å². The van der Waals surface area contributed by atoms with Crippen molar-refractivity contribution >= 4 is 34.8 Å². The van der Waals surface area contributed by atoms with E-state index in [0.717, 1.165) is 11.3 Å². The largest absolute Gasteiger partial charge is 0.465 e. The number of nitrogens with zero attached hydrogens (tertiary/aromatic N) is 2. The molecule has 7 nitrogen and oxygen atoms in total. The first-order valence-corrected chi connectivity index (χ1v) is 6.75. The predicted molar refractivity (Wildman–Crippen MR) is 86.0 cm³/mol. The Balaban J connectivity index is 2.05. The van der Waals surface area contributed by atoms with Gasteiger partial charge in [0.1, 0.15) is 11.5 Å². The van der Waals surface area contributed by atoms with E-state index in [-0.39, 0.29) is 17.7 Å². The second-order valence-electron chi connectivity index (χ2n) is 4.95. The smallest absolute Gasteiger partial charge is 0.410 e. The van der Waals surface area contributed by atoms with Crippen LogP contribution in [0, 0.1) is 0 Å². The van der Waals surface area contributed by atoms with E-state index in [9.17, 15) is 4.79 Å². The highest BCUT2D eigenvalue weighted by Gasteiger charge is 2.23. The fourth-order valence-corrected chi connectivity index (χ4v) is 2.40. The Kier molecular flexibility index (Phi) is 3.38. The molecule has 0 spiro atoms. The molecule has 2 aromatic rings. The number of rotatable bonds is 2. The molecule has 0 saturated heterocycles. The SMILES string of the molecule is CC1Nc2cc(NC(=O)O)nc(N)c2N=C1c1ccccc1. The molecule has 7 heteroatoms. The Bertz CT molecular complexity index is 758. The Morgan fingerprint density at radius 1 is 1.36 bits per heavy atom. The topological polar surface area (TPSA) is 113 Å². The lowest BCUT2D eigenvalue weighted by molar-refractivity contribution is 0.209. The van der Waals surface area contributed by atoms with Gasteiger partial charge >= 0.3 is 6.09 Å². The van der Waals surface area contributed by atoms with Crippen LogP contribution in [0.15, 0.2) is 41.4 Å². The van der Waals surface area contributed by atoms with Crippen LogP contribution >= 0.6 is 0 Å². The minimum atomic E-state index is -1.19. The summed E-state index contributed by atoms with van der Waals surface area (Å²) in [5.41, 5.74) is 8.95. The van der Waals surface area contributed by atoms with Gasteiger partial charge in [-0.25, -0.2) is 14.8 Å². The molecular weight excluding hydrogens is 282 g/mol. The molecule has 0 bridgehead atoms. The normalized spacial score (nSPS) is 16.2. The van der Waals surface area contributed by atoms with Crippen LogP contribution < -0.4 is 16.4 Å². The van der Waals surface area contributed by atoms with Gasteiger partial charge in [-0.3, -0.25) is 5.32 Å². The summed E-state index contributed by atoms with van der Waals surface area (Å²) in [6, 6.07) is 11.3. The van der Waals surface area contributed by atoms with E-state index in [4.69, 9.17) is 10.8 Å². The highest BCUT2D eigenvalue weighted by Crippen LogP contribution is 2.37. The summed E-state index contributed by atoms with van der Waals surface area (Å²) in [6.07, 6.45) is -1.19. The van der Waals surface area contributed by atoms with Crippen molar-refractivity contribution in [3.63, 3.8) is 0 Å². The summed E-state index contributed by atoms with van der Waals surface area (Å²) in [4.78, 5) is 19.3. The third kappa shape index (κ3) is 2.56. The van der Waals surface area contributed by atoms with Crippen LogP contribution in [0.1, 0.15) is 12.5 Å². The van der Waals surface area contributed by atoms with Gasteiger partial charge in [0, 0.05) is 6.07 Å². The molecule has 0 saturated carbocycles. The van der Waals surface area contributed by atoms with Gasteiger partial charge in [-0.15, -0.1) is 0 Å². The van der Waals surface area contributed by atoms with Gasteiger partial charge in [0.25, 0.3) is 0 Å². The summed E-state index contributed by atoms with van der Waals surface area (Å²) in [5.74, 6) is 0.343. The maximum Gasteiger partial charge on any atom is 0.410 e. The Labute approximate surface area is 126 Å². The predicted octanol–water partition coefficient (Wildman–Crippen LogP) is 2.69. The zero-order valence-corrected chi connectivity index (χ0v) is 11.9. The second kappa shape index (κ2) is 5.36. The van der Waals surface area contributed by atoms with Gasteiger partial charge in [0.15, 0.2) is 5.82 Å². The Morgan fingerprint density at radius 3 is 2.77 bits per heavy atom. The van der Waals surface area contributed by atoms with E-state index in [1.807, 2.05) is 37.3 Å². The zero-order valence-electron chi connectivity index (χ0n) is 11.9. The molecule has 22 heavy (non-hydrogen) atoms.